The minimum absolute atomic E-state index is 0.302. The van der Waals surface area contributed by atoms with Gasteiger partial charge in [0.15, 0.2) is 0 Å². The van der Waals surface area contributed by atoms with Gasteiger partial charge in [0.05, 0.1) is 7.11 Å². The molecule has 0 aliphatic rings. The zero-order chi connectivity index (χ0) is 11.0. The molecule has 14 heavy (non-hydrogen) atoms. The van der Waals surface area contributed by atoms with Crippen molar-refractivity contribution in [1.29, 1.82) is 0 Å². The Hall–Kier alpha value is -1.10. The molecule has 0 amide bonds. The summed E-state index contributed by atoms with van der Waals surface area (Å²) in [6, 6.07) is 0. The molecular formula is C9H16O5. The van der Waals surface area contributed by atoms with Gasteiger partial charge in [0, 0.05) is 6.42 Å². The minimum Gasteiger partial charge on any atom is -0.450 e. The molecule has 0 radical (unpaired) electrons. The number of hydrogen-bond donors (Lipinski definition) is 0. The van der Waals surface area contributed by atoms with Crippen LogP contribution in [0.2, 0.25) is 0 Å². The van der Waals surface area contributed by atoms with Crippen LogP contribution in [0.25, 0.3) is 0 Å². The first kappa shape index (κ1) is 12.9. The van der Waals surface area contributed by atoms with Gasteiger partial charge in [0.1, 0.15) is 0 Å². The monoisotopic (exact) mass is 204 g/mol. The highest BCUT2D eigenvalue weighted by atomic mass is 17.2. The van der Waals surface area contributed by atoms with Crippen LogP contribution in [0, 0.1) is 0 Å². The van der Waals surface area contributed by atoms with Crippen molar-refractivity contribution < 1.29 is 24.1 Å². The maximum atomic E-state index is 11.1. The van der Waals surface area contributed by atoms with Crippen LogP contribution in [0.3, 0.4) is 0 Å². The standard InChI is InChI=1S/C9H16O5/c1-4-6-8(10)13-7(5-2)9(11)14-12-3/h7H,4-6H2,1-3H3. The molecule has 5 nitrogen and oxygen atoms in total. The van der Waals surface area contributed by atoms with Gasteiger partial charge in [-0.15, -0.1) is 0 Å². The van der Waals surface area contributed by atoms with E-state index in [-0.39, 0.29) is 0 Å². The van der Waals surface area contributed by atoms with E-state index in [1.165, 1.54) is 7.11 Å². The van der Waals surface area contributed by atoms with Crippen LogP contribution in [-0.2, 0) is 24.1 Å². The van der Waals surface area contributed by atoms with Gasteiger partial charge in [-0.05, 0) is 12.8 Å². The van der Waals surface area contributed by atoms with Crippen LogP contribution < -0.4 is 0 Å². The summed E-state index contributed by atoms with van der Waals surface area (Å²) in [5.41, 5.74) is 0. The summed E-state index contributed by atoms with van der Waals surface area (Å²) in [4.78, 5) is 30.6. The van der Waals surface area contributed by atoms with Crippen molar-refractivity contribution in [3.63, 3.8) is 0 Å². The first-order valence-corrected chi connectivity index (χ1v) is 4.59. The second-order valence-corrected chi connectivity index (χ2v) is 2.71. The van der Waals surface area contributed by atoms with Crippen molar-refractivity contribution in [3.8, 4) is 0 Å². The third-order valence-corrected chi connectivity index (χ3v) is 1.53. The number of carbonyl (C=O) groups is 2. The lowest BCUT2D eigenvalue weighted by Gasteiger charge is -2.12. The lowest BCUT2D eigenvalue weighted by molar-refractivity contribution is -0.263. The molecule has 0 spiro atoms. The van der Waals surface area contributed by atoms with E-state index < -0.39 is 18.0 Å². The molecule has 0 aliphatic heterocycles. The van der Waals surface area contributed by atoms with Crippen LogP contribution >= 0.6 is 0 Å². The fourth-order valence-electron chi connectivity index (χ4n) is 0.856. The zero-order valence-corrected chi connectivity index (χ0v) is 8.74. The van der Waals surface area contributed by atoms with Crippen molar-refractivity contribution in [1.82, 2.24) is 0 Å². The summed E-state index contributed by atoms with van der Waals surface area (Å²) < 4.78 is 4.86. The molecule has 0 aliphatic carbocycles. The second-order valence-electron chi connectivity index (χ2n) is 2.71. The van der Waals surface area contributed by atoms with E-state index in [4.69, 9.17) is 4.74 Å². The van der Waals surface area contributed by atoms with Crippen LogP contribution in [0.5, 0.6) is 0 Å². The molecule has 82 valence electrons. The van der Waals surface area contributed by atoms with Gasteiger partial charge in [-0.2, -0.15) is 4.89 Å². The predicted octanol–water partition coefficient (Wildman–Crippen LogP) is 1.21. The van der Waals surface area contributed by atoms with E-state index in [2.05, 4.69) is 9.78 Å². The molecule has 0 rings (SSSR count). The van der Waals surface area contributed by atoms with Gasteiger partial charge in [-0.3, -0.25) is 9.68 Å². The smallest absolute Gasteiger partial charge is 0.382 e. The van der Waals surface area contributed by atoms with E-state index in [0.29, 0.717) is 19.3 Å². The first-order valence-electron chi connectivity index (χ1n) is 4.59. The molecule has 0 aromatic heterocycles. The molecule has 0 fully saturated rings. The lowest BCUT2D eigenvalue weighted by atomic mass is 10.3. The molecule has 0 N–H and O–H groups in total. The summed E-state index contributed by atoms with van der Waals surface area (Å²) >= 11 is 0. The van der Waals surface area contributed by atoms with E-state index in [0.717, 1.165) is 0 Å². The average molecular weight is 204 g/mol. The third-order valence-electron chi connectivity index (χ3n) is 1.53. The Morgan fingerprint density at radius 2 is 1.93 bits per heavy atom. The number of ether oxygens (including phenoxy) is 1. The van der Waals surface area contributed by atoms with E-state index in [9.17, 15) is 9.59 Å². The number of hydrogen-bond acceptors (Lipinski definition) is 5. The molecule has 0 aromatic carbocycles. The Labute approximate surface area is 83.3 Å². The fourth-order valence-corrected chi connectivity index (χ4v) is 0.856. The van der Waals surface area contributed by atoms with Crippen molar-refractivity contribution in [3.05, 3.63) is 0 Å². The lowest BCUT2D eigenvalue weighted by Crippen LogP contribution is -2.28. The first-order chi connectivity index (χ1) is 6.65. The number of carbonyl (C=O) groups excluding carboxylic acids is 2. The van der Waals surface area contributed by atoms with E-state index >= 15 is 0 Å². The quantitative estimate of drug-likeness (QED) is 0.369. The zero-order valence-electron chi connectivity index (χ0n) is 8.74. The molecule has 1 atom stereocenters. The van der Waals surface area contributed by atoms with Crippen molar-refractivity contribution in [2.24, 2.45) is 0 Å². The number of rotatable bonds is 6. The molecule has 5 heteroatoms. The second kappa shape index (κ2) is 7.32. The van der Waals surface area contributed by atoms with Crippen molar-refractivity contribution in [2.75, 3.05) is 7.11 Å². The Balaban J connectivity index is 4.01. The summed E-state index contributed by atoms with van der Waals surface area (Å²) in [7, 11) is 1.22. The van der Waals surface area contributed by atoms with Gasteiger partial charge in [0.2, 0.25) is 6.10 Å². The van der Waals surface area contributed by atoms with Crippen molar-refractivity contribution in [2.45, 2.75) is 39.2 Å². The molecular weight excluding hydrogens is 188 g/mol. The maximum Gasteiger partial charge on any atom is 0.382 e. The molecule has 0 bridgehead atoms. The van der Waals surface area contributed by atoms with Crippen molar-refractivity contribution >= 4 is 11.9 Å². The SMILES string of the molecule is CCCC(=O)OC(CC)C(=O)OOC. The summed E-state index contributed by atoms with van der Waals surface area (Å²) in [5, 5.41) is 0. The summed E-state index contributed by atoms with van der Waals surface area (Å²) in [6.45, 7) is 3.58. The Morgan fingerprint density at radius 1 is 1.29 bits per heavy atom. The fraction of sp³-hybridized carbons (Fsp3) is 0.778. The van der Waals surface area contributed by atoms with E-state index in [1.807, 2.05) is 6.92 Å². The summed E-state index contributed by atoms with van der Waals surface area (Å²) in [5.74, 6) is -1.08. The van der Waals surface area contributed by atoms with Crippen LogP contribution in [0.15, 0.2) is 0 Å². The molecule has 0 heterocycles. The maximum absolute atomic E-state index is 11.1. The molecule has 1 unspecified atom stereocenters. The van der Waals surface area contributed by atoms with Gasteiger partial charge < -0.3 is 4.74 Å². The Kier molecular flexibility index (Phi) is 6.74. The highest BCUT2D eigenvalue weighted by molar-refractivity contribution is 5.78. The highest BCUT2D eigenvalue weighted by Gasteiger charge is 2.22. The Morgan fingerprint density at radius 3 is 2.36 bits per heavy atom. The normalized spacial score (nSPS) is 11.9. The largest absolute Gasteiger partial charge is 0.450 e. The summed E-state index contributed by atoms with van der Waals surface area (Å²) in [6.07, 6.45) is 0.497. The topological polar surface area (TPSA) is 61.8 Å². The number of esters is 1. The van der Waals surface area contributed by atoms with Gasteiger partial charge in [-0.1, -0.05) is 13.8 Å². The van der Waals surface area contributed by atoms with E-state index in [1.54, 1.807) is 6.92 Å². The van der Waals surface area contributed by atoms with Crippen LogP contribution in [-0.4, -0.2) is 25.2 Å². The highest BCUT2D eigenvalue weighted by Crippen LogP contribution is 2.04. The molecule has 0 saturated carbocycles. The molecule has 0 saturated heterocycles. The Bertz CT molecular complexity index is 190. The molecule has 0 aromatic rings. The van der Waals surface area contributed by atoms with Gasteiger partial charge >= 0.3 is 11.9 Å². The van der Waals surface area contributed by atoms with Gasteiger partial charge in [-0.25, -0.2) is 4.79 Å². The predicted molar refractivity (Wildman–Crippen MR) is 48.2 cm³/mol. The third kappa shape index (κ3) is 4.81. The van der Waals surface area contributed by atoms with Gasteiger partial charge in [0.25, 0.3) is 0 Å². The average Bonchev–Trinajstić information content (AvgIpc) is 2.15. The van der Waals surface area contributed by atoms with Crippen LogP contribution in [0.4, 0.5) is 0 Å². The van der Waals surface area contributed by atoms with Crippen LogP contribution in [0.1, 0.15) is 33.1 Å². The minimum atomic E-state index is -0.867.